The maximum Gasteiger partial charge on any atom is 0.338 e. The van der Waals surface area contributed by atoms with Crippen molar-refractivity contribution in [1.29, 1.82) is 0 Å². The number of hydrogen-bond donors (Lipinski definition) is 0. The van der Waals surface area contributed by atoms with E-state index in [1.54, 1.807) is 23.6 Å². The Balaban J connectivity index is 1.45. The number of rotatable bonds is 8. The molecule has 0 unspecified atom stereocenters. The van der Waals surface area contributed by atoms with Gasteiger partial charge in [0.2, 0.25) is 0 Å². The summed E-state index contributed by atoms with van der Waals surface area (Å²) in [5, 5.41) is 0.942. The van der Waals surface area contributed by atoms with Crippen LogP contribution in [0.3, 0.4) is 0 Å². The highest BCUT2D eigenvalue weighted by molar-refractivity contribution is 7.07. The van der Waals surface area contributed by atoms with Crippen molar-refractivity contribution in [1.82, 2.24) is 9.13 Å². The fourth-order valence-electron chi connectivity index (χ4n) is 6.29. The van der Waals surface area contributed by atoms with Gasteiger partial charge in [0.15, 0.2) is 4.80 Å². The number of benzene rings is 4. The number of ether oxygens (including phenoxy) is 1. The number of nitrogens with zero attached hydrogens (tertiary/aromatic N) is 3. The van der Waals surface area contributed by atoms with Gasteiger partial charge >= 0.3 is 5.97 Å². The lowest BCUT2D eigenvalue weighted by Gasteiger charge is -2.26. The average molecular weight is 656 g/mol. The molecule has 0 radical (unpaired) electrons. The van der Waals surface area contributed by atoms with Gasteiger partial charge in [-0.25, -0.2) is 14.2 Å². The first-order valence-corrected chi connectivity index (χ1v) is 16.8. The summed E-state index contributed by atoms with van der Waals surface area (Å²) in [5.41, 5.74) is 5.60. The average Bonchev–Trinajstić information content (AvgIpc) is 3.61. The summed E-state index contributed by atoms with van der Waals surface area (Å²) in [5.74, 6) is -0.455. The van der Waals surface area contributed by atoms with Crippen LogP contribution in [0.2, 0.25) is 0 Å². The molecular weight excluding hydrogens is 622 g/mol. The van der Waals surface area contributed by atoms with E-state index in [9.17, 15) is 14.0 Å². The number of esters is 1. The van der Waals surface area contributed by atoms with Crippen molar-refractivity contribution < 1.29 is 13.9 Å². The van der Waals surface area contributed by atoms with Crippen LogP contribution < -0.4 is 14.9 Å². The van der Waals surface area contributed by atoms with Crippen LogP contribution >= 0.6 is 11.3 Å². The molecule has 1 aliphatic rings. The monoisotopic (exact) mass is 655 g/mol. The predicted molar refractivity (Wildman–Crippen MR) is 189 cm³/mol. The molecule has 8 heteroatoms. The van der Waals surface area contributed by atoms with Gasteiger partial charge in [0.1, 0.15) is 5.82 Å². The number of fused-ring (bicyclic) bond motifs is 2. The van der Waals surface area contributed by atoms with E-state index in [0.717, 1.165) is 33.2 Å². The summed E-state index contributed by atoms with van der Waals surface area (Å²) < 4.78 is 24.3. The Morgan fingerprint density at radius 3 is 2.40 bits per heavy atom. The Morgan fingerprint density at radius 1 is 0.958 bits per heavy atom. The van der Waals surface area contributed by atoms with Gasteiger partial charge in [0, 0.05) is 33.8 Å². The summed E-state index contributed by atoms with van der Waals surface area (Å²) in [6, 6.07) is 31.5. The number of halogens is 1. The second-order valence-electron chi connectivity index (χ2n) is 12.1. The third-order valence-corrected chi connectivity index (χ3v) is 9.68. The number of para-hydroxylation sites is 1. The van der Waals surface area contributed by atoms with E-state index in [1.807, 2.05) is 102 Å². The highest BCUT2D eigenvalue weighted by Crippen LogP contribution is 2.35. The van der Waals surface area contributed by atoms with Crippen LogP contribution in [-0.2, 0) is 16.1 Å². The van der Waals surface area contributed by atoms with Crippen molar-refractivity contribution in [3.05, 3.63) is 168 Å². The molecule has 1 aliphatic heterocycles. The molecule has 0 aliphatic carbocycles. The first-order chi connectivity index (χ1) is 23.3. The standard InChI is InChI=1S/C40H34FN3O3S/c1-4-47-39(46)35-36(27-12-6-5-7-13-27)42-40-44(37(35)28-20-18-26(19-21-28)25(2)3)38(45)34(48-40)22-30-24-43(33-17-11-9-15-31(30)33)23-29-14-8-10-16-32(29)41/h5-22,24-25,37H,4,23H2,1-3H3/t37-/m0/s1. The van der Waals surface area contributed by atoms with E-state index in [4.69, 9.17) is 9.73 Å². The Kier molecular flexibility index (Phi) is 8.50. The van der Waals surface area contributed by atoms with E-state index < -0.39 is 12.0 Å². The van der Waals surface area contributed by atoms with Gasteiger partial charge < -0.3 is 9.30 Å². The van der Waals surface area contributed by atoms with Crippen LogP contribution in [0.25, 0.3) is 22.7 Å². The lowest BCUT2D eigenvalue weighted by Crippen LogP contribution is -2.40. The highest BCUT2D eigenvalue weighted by atomic mass is 32.1. The minimum Gasteiger partial charge on any atom is -0.463 e. The highest BCUT2D eigenvalue weighted by Gasteiger charge is 2.35. The van der Waals surface area contributed by atoms with Crippen molar-refractivity contribution in [2.45, 2.75) is 39.3 Å². The topological polar surface area (TPSA) is 65.6 Å². The minimum absolute atomic E-state index is 0.185. The largest absolute Gasteiger partial charge is 0.463 e. The molecular formula is C40H34FN3O3S. The summed E-state index contributed by atoms with van der Waals surface area (Å²) in [6.07, 6.45) is 3.83. The molecule has 3 heterocycles. The Morgan fingerprint density at radius 2 is 1.67 bits per heavy atom. The molecule has 0 amide bonds. The van der Waals surface area contributed by atoms with E-state index in [1.165, 1.54) is 17.4 Å². The Labute approximate surface area is 281 Å². The molecule has 0 saturated carbocycles. The molecule has 0 fully saturated rings. The zero-order valence-corrected chi connectivity index (χ0v) is 27.7. The lowest BCUT2D eigenvalue weighted by molar-refractivity contribution is -0.138. The predicted octanol–water partition coefficient (Wildman–Crippen LogP) is 7.20. The van der Waals surface area contributed by atoms with Gasteiger partial charge in [0.25, 0.3) is 5.56 Å². The maximum atomic E-state index is 14.6. The summed E-state index contributed by atoms with van der Waals surface area (Å²) in [6.45, 7) is 6.56. The second kappa shape index (κ2) is 13.0. The molecule has 7 rings (SSSR count). The van der Waals surface area contributed by atoms with Gasteiger partial charge in [-0.05, 0) is 42.2 Å². The summed E-state index contributed by atoms with van der Waals surface area (Å²) in [4.78, 5) is 33.7. The van der Waals surface area contributed by atoms with E-state index in [2.05, 4.69) is 13.8 Å². The van der Waals surface area contributed by atoms with Crippen molar-refractivity contribution in [2.24, 2.45) is 4.99 Å². The van der Waals surface area contributed by atoms with Crippen molar-refractivity contribution in [2.75, 3.05) is 6.61 Å². The third-order valence-electron chi connectivity index (χ3n) is 8.70. The van der Waals surface area contributed by atoms with Crippen LogP contribution in [-0.4, -0.2) is 21.7 Å². The van der Waals surface area contributed by atoms with E-state index in [0.29, 0.717) is 38.6 Å². The number of carbonyl (C=O) groups excluding carboxylic acids is 1. The normalized spacial score (nSPS) is 14.8. The molecule has 0 N–H and O–H groups in total. The van der Waals surface area contributed by atoms with Crippen LogP contribution in [0.15, 0.2) is 125 Å². The molecule has 2 aromatic heterocycles. The van der Waals surface area contributed by atoms with Crippen molar-refractivity contribution in [3.8, 4) is 0 Å². The Bertz CT molecular complexity index is 2370. The van der Waals surface area contributed by atoms with Gasteiger partial charge in [-0.3, -0.25) is 9.36 Å². The lowest BCUT2D eigenvalue weighted by atomic mass is 9.91. The van der Waals surface area contributed by atoms with Gasteiger partial charge in [-0.15, -0.1) is 0 Å². The molecule has 240 valence electrons. The van der Waals surface area contributed by atoms with Crippen LogP contribution in [0.4, 0.5) is 4.39 Å². The SMILES string of the molecule is CCOC(=O)C1=C(c2ccccc2)N=c2sc(=Cc3cn(Cc4ccccc4F)c4ccccc34)c(=O)n2[C@H]1c1ccc(C(C)C)cc1. The fraction of sp³-hybridized carbons (Fsp3) is 0.175. The number of aromatic nitrogens is 2. The summed E-state index contributed by atoms with van der Waals surface area (Å²) in [7, 11) is 0. The molecule has 4 aromatic carbocycles. The van der Waals surface area contributed by atoms with Crippen LogP contribution in [0.5, 0.6) is 0 Å². The van der Waals surface area contributed by atoms with Crippen molar-refractivity contribution in [3.63, 3.8) is 0 Å². The molecule has 0 saturated heterocycles. The maximum absolute atomic E-state index is 14.6. The zero-order chi connectivity index (χ0) is 33.4. The number of hydrogen-bond acceptors (Lipinski definition) is 5. The van der Waals surface area contributed by atoms with Gasteiger partial charge in [0.05, 0.1) is 35.0 Å². The Hall–Kier alpha value is -5.34. The van der Waals surface area contributed by atoms with E-state index >= 15 is 0 Å². The molecule has 0 bridgehead atoms. The number of thiazole rings is 1. The number of carbonyl (C=O) groups is 1. The molecule has 6 aromatic rings. The smallest absolute Gasteiger partial charge is 0.338 e. The molecule has 6 nitrogen and oxygen atoms in total. The molecule has 1 atom stereocenters. The molecule has 0 spiro atoms. The van der Waals surface area contributed by atoms with Gasteiger partial charge in [-0.2, -0.15) is 0 Å². The first kappa shape index (κ1) is 31.3. The van der Waals surface area contributed by atoms with E-state index in [-0.39, 0.29) is 18.0 Å². The third kappa shape index (κ3) is 5.73. The zero-order valence-electron chi connectivity index (χ0n) is 26.9. The second-order valence-corrected chi connectivity index (χ2v) is 13.1. The van der Waals surface area contributed by atoms with Gasteiger partial charge in [-0.1, -0.05) is 116 Å². The van der Waals surface area contributed by atoms with Crippen LogP contribution in [0.1, 0.15) is 60.5 Å². The van der Waals surface area contributed by atoms with Crippen LogP contribution in [0, 0.1) is 5.82 Å². The minimum atomic E-state index is -0.749. The summed E-state index contributed by atoms with van der Waals surface area (Å²) >= 11 is 1.29. The quantitative estimate of drug-likeness (QED) is 0.163. The van der Waals surface area contributed by atoms with Crippen molar-refractivity contribution >= 4 is 40.0 Å². The first-order valence-electron chi connectivity index (χ1n) is 16.0. The fourth-order valence-corrected chi connectivity index (χ4v) is 7.28. The molecule has 48 heavy (non-hydrogen) atoms.